The molecule has 0 bridgehead atoms. The van der Waals surface area contributed by atoms with Crippen LogP contribution in [0.1, 0.15) is 18.1 Å². The molecule has 3 aromatic rings. The zero-order valence-electron chi connectivity index (χ0n) is 15.9. The normalized spacial score (nSPS) is 11.6. The van der Waals surface area contributed by atoms with Crippen molar-refractivity contribution in [2.24, 2.45) is 0 Å². The molecule has 0 radical (unpaired) electrons. The molecule has 0 aliphatic rings. The topological polar surface area (TPSA) is 44.8 Å². The molecule has 3 rings (SSSR count). The Kier molecular flexibility index (Phi) is 4.94. The minimum absolute atomic E-state index is 0.107. The second kappa shape index (κ2) is 7.67. The van der Waals surface area contributed by atoms with Crippen molar-refractivity contribution in [2.75, 3.05) is 0 Å². The van der Waals surface area contributed by atoms with Crippen molar-refractivity contribution in [1.29, 1.82) is 0 Å². The maximum Gasteiger partial charge on any atom is 0.647 e. The van der Waals surface area contributed by atoms with E-state index in [4.69, 9.17) is 14.9 Å². The molecule has 5 heteroatoms. The van der Waals surface area contributed by atoms with Gasteiger partial charge in [-0.3, -0.25) is 0 Å². The molecule has 0 saturated carbocycles. The van der Waals surface area contributed by atoms with E-state index >= 15 is 0 Å². The molecule has 0 aliphatic carbocycles. The van der Waals surface area contributed by atoms with E-state index in [1.54, 1.807) is 42.5 Å². The first kappa shape index (κ1) is 16.7. The first-order valence-corrected chi connectivity index (χ1v) is 9.68. The summed E-state index contributed by atoms with van der Waals surface area (Å²) in [5, 5.41) is 0. The Morgan fingerprint density at radius 1 is 0.615 bits per heavy atom. The molecular formula is C21H21O4P. The van der Waals surface area contributed by atoms with E-state index in [9.17, 15) is 4.57 Å². The van der Waals surface area contributed by atoms with Gasteiger partial charge in [0.15, 0.2) is 0 Å². The second-order valence-corrected chi connectivity index (χ2v) is 7.52. The average Bonchev–Trinajstić information content (AvgIpc) is 2.62. The van der Waals surface area contributed by atoms with Crippen LogP contribution in [0.25, 0.3) is 0 Å². The highest BCUT2D eigenvalue weighted by atomic mass is 31.2. The average molecular weight is 369 g/mol. The standard InChI is InChI=1S/C21H21O4P/c1-16-4-10-19(11-5-16)23-26(22,24-20-12-6-17(2)7-13-20)25-21-14-8-18(3)9-15-21/h4-15H,1-3H3/i10D. The summed E-state index contributed by atoms with van der Waals surface area (Å²) in [6.07, 6.45) is 0. The van der Waals surface area contributed by atoms with E-state index in [1.807, 2.05) is 45.0 Å². The predicted octanol–water partition coefficient (Wildman–Crippen LogP) is 6.26. The van der Waals surface area contributed by atoms with E-state index in [0.29, 0.717) is 11.5 Å². The van der Waals surface area contributed by atoms with Gasteiger partial charge in [-0.15, -0.1) is 0 Å². The lowest BCUT2D eigenvalue weighted by atomic mass is 10.2. The number of benzene rings is 3. The summed E-state index contributed by atoms with van der Waals surface area (Å²) in [6, 6.07) is 19.2. The van der Waals surface area contributed by atoms with E-state index in [1.165, 1.54) is 0 Å². The molecule has 0 spiro atoms. The van der Waals surface area contributed by atoms with Gasteiger partial charge in [-0.05, 0) is 57.1 Å². The maximum atomic E-state index is 13.4. The second-order valence-electron chi connectivity index (χ2n) is 6.08. The Balaban J connectivity index is 1.92. The van der Waals surface area contributed by atoms with Crippen LogP contribution in [0.15, 0.2) is 72.8 Å². The fraction of sp³-hybridized carbons (Fsp3) is 0.143. The van der Waals surface area contributed by atoms with Gasteiger partial charge < -0.3 is 13.6 Å². The Morgan fingerprint density at radius 3 is 1.38 bits per heavy atom. The number of phosphoric ester groups is 1. The van der Waals surface area contributed by atoms with Gasteiger partial charge >= 0.3 is 7.82 Å². The molecule has 3 aromatic carbocycles. The van der Waals surface area contributed by atoms with Gasteiger partial charge in [0, 0.05) is 0 Å². The fourth-order valence-corrected chi connectivity index (χ4v) is 3.40. The molecule has 26 heavy (non-hydrogen) atoms. The highest BCUT2D eigenvalue weighted by Gasteiger charge is 2.33. The summed E-state index contributed by atoms with van der Waals surface area (Å²) in [7, 11) is -4.08. The zero-order valence-corrected chi connectivity index (χ0v) is 15.8. The summed E-state index contributed by atoms with van der Waals surface area (Å²) in [5.41, 5.74) is 3.00. The van der Waals surface area contributed by atoms with Gasteiger partial charge in [-0.25, -0.2) is 0 Å². The minimum atomic E-state index is -4.08. The molecule has 0 unspecified atom stereocenters. The van der Waals surface area contributed by atoms with Crippen molar-refractivity contribution in [2.45, 2.75) is 20.8 Å². The van der Waals surface area contributed by atoms with E-state index in [2.05, 4.69) is 0 Å². The SMILES string of the molecule is [2H]c1cc(C)ccc1OP(=O)(Oc1ccc(C)cc1)Oc1ccc(C)cc1. The molecule has 0 N–H and O–H groups in total. The van der Waals surface area contributed by atoms with Crippen LogP contribution in [0.3, 0.4) is 0 Å². The summed E-state index contributed by atoms with van der Waals surface area (Å²) in [5.74, 6) is 0.840. The number of hydrogen-bond donors (Lipinski definition) is 0. The first-order chi connectivity index (χ1) is 12.8. The van der Waals surface area contributed by atoms with Gasteiger partial charge in [-0.1, -0.05) is 53.1 Å². The summed E-state index contributed by atoms with van der Waals surface area (Å²) in [6.45, 7) is 5.76. The summed E-state index contributed by atoms with van der Waals surface area (Å²) in [4.78, 5) is 0. The highest BCUT2D eigenvalue weighted by molar-refractivity contribution is 7.49. The van der Waals surface area contributed by atoms with Gasteiger partial charge in [0.05, 0.1) is 1.37 Å². The Morgan fingerprint density at radius 2 is 0.962 bits per heavy atom. The van der Waals surface area contributed by atoms with E-state index in [-0.39, 0.29) is 11.8 Å². The largest absolute Gasteiger partial charge is 0.647 e. The summed E-state index contributed by atoms with van der Waals surface area (Å²) >= 11 is 0. The Hall–Kier alpha value is -2.71. The quantitative estimate of drug-likeness (QED) is 0.481. The van der Waals surface area contributed by atoms with Crippen LogP contribution in [0.4, 0.5) is 0 Å². The lowest BCUT2D eigenvalue weighted by Crippen LogP contribution is -2.07. The molecule has 0 heterocycles. The highest BCUT2D eigenvalue weighted by Crippen LogP contribution is 2.49. The van der Waals surface area contributed by atoms with Crippen LogP contribution >= 0.6 is 7.82 Å². The molecule has 0 amide bonds. The summed E-state index contributed by atoms with van der Waals surface area (Å²) < 4.78 is 38.2. The van der Waals surface area contributed by atoms with Crippen molar-refractivity contribution in [3.8, 4) is 17.2 Å². The number of hydrogen-bond acceptors (Lipinski definition) is 4. The lowest BCUT2D eigenvalue weighted by Gasteiger charge is -2.19. The zero-order chi connectivity index (χ0) is 19.4. The smallest absolute Gasteiger partial charge is 0.386 e. The molecule has 0 saturated heterocycles. The van der Waals surface area contributed by atoms with Crippen molar-refractivity contribution in [1.82, 2.24) is 0 Å². The van der Waals surface area contributed by atoms with Gasteiger partial charge in [0.2, 0.25) is 0 Å². The van der Waals surface area contributed by atoms with Crippen LogP contribution in [0, 0.1) is 20.8 Å². The number of aryl methyl sites for hydroxylation is 3. The minimum Gasteiger partial charge on any atom is -0.386 e. The predicted molar refractivity (Wildman–Crippen MR) is 103 cm³/mol. The van der Waals surface area contributed by atoms with Crippen molar-refractivity contribution in [3.05, 3.63) is 89.5 Å². The Bertz CT molecular complexity index is 917. The van der Waals surface area contributed by atoms with Crippen LogP contribution in [-0.2, 0) is 4.57 Å². The molecular weight excluding hydrogens is 347 g/mol. The third-order valence-corrected chi connectivity index (χ3v) is 4.92. The third-order valence-electron chi connectivity index (χ3n) is 3.63. The molecule has 4 nitrogen and oxygen atoms in total. The molecule has 134 valence electrons. The third kappa shape index (κ3) is 4.90. The van der Waals surface area contributed by atoms with Crippen LogP contribution in [0.2, 0.25) is 0 Å². The van der Waals surface area contributed by atoms with Gasteiger partial charge in [0.25, 0.3) is 0 Å². The molecule has 0 fully saturated rings. The van der Waals surface area contributed by atoms with Crippen molar-refractivity contribution in [3.63, 3.8) is 0 Å². The van der Waals surface area contributed by atoms with Crippen LogP contribution in [0.5, 0.6) is 17.2 Å². The lowest BCUT2D eigenvalue weighted by molar-refractivity contribution is 0.298. The first-order valence-electron chi connectivity index (χ1n) is 8.72. The van der Waals surface area contributed by atoms with Gasteiger partial charge in [-0.2, -0.15) is 4.57 Å². The fourth-order valence-electron chi connectivity index (χ4n) is 2.18. The molecule has 0 aliphatic heterocycles. The number of phosphoric acid groups is 1. The van der Waals surface area contributed by atoms with E-state index < -0.39 is 7.82 Å². The Labute approximate surface area is 155 Å². The van der Waals surface area contributed by atoms with Crippen LogP contribution in [-0.4, -0.2) is 0 Å². The molecule has 0 atom stereocenters. The van der Waals surface area contributed by atoms with Crippen molar-refractivity contribution < 1.29 is 19.5 Å². The monoisotopic (exact) mass is 369 g/mol. The van der Waals surface area contributed by atoms with Crippen LogP contribution < -0.4 is 13.6 Å². The van der Waals surface area contributed by atoms with Crippen molar-refractivity contribution >= 4 is 7.82 Å². The van der Waals surface area contributed by atoms with E-state index in [0.717, 1.165) is 16.7 Å². The molecule has 0 aromatic heterocycles. The maximum absolute atomic E-state index is 13.4. The van der Waals surface area contributed by atoms with Gasteiger partial charge in [0.1, 0.15) is 17.2 Å². The number of rotatable bonds is 6.